The van der Waals surface area contributed by atoms with Gasteiger partial charge in [-0.2, -0.15) is 25.3 Å². The van der Waals surface area contributed by atoms with Gasteiger partial charge in [-0.3, -0.25) is 9.59 Å². The lowest BCUT2D eigenvalue weighted by molar-refractivity contribution is -0.145. The largest absolute Gasteiger partial charge is 0.464 e. The van der Waals surface area contributed by atoms with E-state index in [0.717, 1.165) is 34.5 Å². The van der Waals surface area contributed by atoms with Crippen molar-refractivity contribution in [3.05, 3.63) is 59.7 Å². The van der Waals surface area contributed by atoms with E-state index < -0.39 is 47.9 Å². The van der Waals surface area contributed by atoms with Gasteiger partial charge in [0.1, 0.15) is 24.7 Å². The molecule has 0 spiro atoms. The minimum absolute atomic E-state index is 0.114. The molecule has 0 radical (unpaired) electrons. The Labute approximate surface area is 306 Å². The summed E-state index contributed by atoms with van der Waals surface area (Å²) in [6.07, 6.45) is 1.45. The molecule has 2 unspecified atom stereocenters. The Morgan fingerprint density at radius 2 is 1.06 bits per heavy atom. The van der Waals surface area contributed by atoms with E-state index in [2.05, 4.69) is 45.3 Å². The number of rotatable bonds is 23. The molecule has 0 aliphatic heterocycles. The summed E-state index contributed by atoms with van der Waals surface area (Å²) in [6.45, 7) is 3.55. The molecule has 18 heteroatoms. The first-order chi connectivity index (χ1) is 23.2. The summed E-state index contributed by atoms with van der Waals surface area (Å²) in [5.41, 5.74) is 1.24. The third kappa shape index (κ3) is 13.9. The molecule has 48 heavy (non-hydrogen) atoms. The summed E-state index contributed by atoms with van der Waals surface area (Å²) >= 11 is 8.20. The van der Waals surface area contributed by atoms with Crippen molar-refractivity contribution >= 4 is 105 Å². The number of nitrogens with one attached hydrogen (secondary N) is 4. The van der Waals surface area contributed by atoms with Gasteiger partial charge in [-0.15, -0.1) is 0 Å². The van der Waals surface area contributed by atoms with Crippen molar-refractivity contribution in [1.82, 2.24) is 20.1 Å². The molecule has 0 saturated heterocycles. The highest BCUT2D eigenvalue weighted by molar-refractivity contribution is 8.76. The summed E-state index contributed by atoms with van der Waals surface area (Å²) in [4.78, 5) is 74.9. The predicted molar refractivity (Wildman–Crippen MR) is 201 cm³/mol. The van der Waals surface area contributed by atoms with Gasteiger partial charge in [0.05, 0.1) is 25.3 Å². The van der Waals surface area contributed by atoms with Crippen molar-refractivity contribution in [3.63, 3.8) is 0 Å². The first kappa shape index (κ1) is 41.8. The van der Waals surface area contributed by atoms with Gasteiger partial charge in [-0.05, 0) is 59.1 Å². The van der Waals surface area contributed by atoms with Crippen LogP contribution in [0.5, 0.6) is 0 Å². The summed E-state index contributed by atoms with van der Waals surface area (Å²) < 4.78 is 16.2. The molecule has 0 aliphatic carbocycles. The maximum absolute atomic E-state index is 13.6. The quantitative estimate of drug-likeness (QED) is 0.0243. The first-order valence-electron chi connectivity index (χ1n) is 14.6. The molecule has 2 amide bonds. The van der Waals surface area contributed by atoms with Crippen LogP contribution in [0.4, 0.5) is 0 Å². The van der Waals surface area contributed by atoms with Crippen LogP contribution in [0.2, 0.25) is 0 Å². The van der Waals surface area contributed by atoms with Crippen LogP contribution in [0.15, 0.2) is 48.5 Å². The average molecular weight is 775 g/mol. The van der Waals surface area contributed by atoms with E-state index in [1.165, 1.54) is 21.6 Å². The second-order valence-corrected chi connectivity index (χ2v) is 14.6. The van der Waals surface area contributed by atoms with Gasteiger partial charge in [0.25, 0.3) is 11.8 Å². The Hall–Kier alpha value is -2.32. The zero-order valence-corrected chi connectivity index (χ0v) is 31.2. The maximum Gasteiger partial charge on any atom is 0.329 e. The van der Waals surface area contributed by atoms with E-state index in [1.807, 2.05) is 0 Å². The van der Waals surface area contributed by atoms with Crippen LogP contribution in [0.3, 0.4) is 0 Å². The molecule has 2 aromatic rings. The SMILES string of the molecule is CCOC(=O)C(CSSN[C@H](C=O)CS)NC(=O)c1ccccc1-c1ccccc1C(=O)NC(CSSN[C@H](C=O)CS)C(=O)OCC. The van der Waals surface area contributed by atoms with E-state index >= 15 is 0 Å². The molecular formula is C30H38N4O8S6. The van der Waals surface area contributed by atoms with Crippen LogP contribution in [0.25, 0.3) is 11.1 Å². The monoisotopic (exact) mass is 774 g/mol. The standard InChI is InChI=1S/C30H38N4O8S6/c1-3-41-29(39)25(17-45-47-33-19(13-35)15-43)31-27(37)23-11-7-5-9-21(23)22-10-6-8-12-24(22)28(38)32-26(30(40)42-4-2)18-46-48-34-20(14-36)16-44/h5-14,19-20,25-26,33-34,43-44H,3-4,15-18H2,1-2H3,(H,31,37)(H,32,38)/t19-,20-,25?,26?/m1/s1. The lowest BCUT2D eigenvalue weighted by Crippen LogP contribution is -2.44. The average Bonchev–Trinajstić information content (AvgIpc) is 3.10. The van der Waals surface area contributed by atoms with E-state index in [9.17, 15) is 28.8 Å². The molecule has 2 aromatic carbocycles. The summed E-state index contributed by atoms with van der Waals surface area (Å²) in [6, 6.07) is 10.3. The molecular weight excluding hydrogens is 737 g/mol. The van der Waals surface area contributed by atoms with Crippen molar-refractivity contribution in [2.75, 3.05) is 36.2 Å². The Morgan fingerprint density at radius 1 is 0.688 bits per heavy atom. The molecule has 0 heterocycles. The van der Waals surface area contributed by atoms with E-state index in [1.54, 1.807) is 62.4 Å². The minimum Gasteiger partial charge on any atom is -0.464 e. The van der Waals surface area contributed by atoms with Crippen LogP contribution in [0, 0.1) is 0 Å². The van der Waals surface area contributed by atoms with Gasteiger partial charge in [-0.25, -0.2) is 19.0 Å². The van der Waals surface area contributed by atoms with Gasteiger partial charge in [0.15, 0.2) is 0 Å². The number of ether oxygens (including phenoxy) is 2. The molecule has 0 bridgehead atoms. The fraction of sp³-hybridized carbons (Fsp3) is 0.400. The predicted octanol–water partition coefficient (Wildman–Crippen LogP) is 3.44. The molecule has 4 atom stereocenters. The van der Waals surface area contributed by atoms with Gasteiger partial charge < -0.3 is 29.7 Å². The smallest absolute Gasteiger partial charge is 0.329 e. The van der Waals surface area contributed by atoms with Crippen molar-refractivity contribution in [1.29, 1.82) is 0 Å². The highest BCUT2D eigenvalue weighted by Gasteiger charge is 2.27. The van der Waals surface area contributed by atoms with Crippen molar-refractivity contribution in [2.45, 2.75) is 38.0 Å². The Morgan fingerprint density at radius 3 is 1.40 bits per heavy atom. The van der Waals surface area contributed by atoms with Crippen molar-refractivity contribution in [2.24, 2.45) is 0 Å². The molecule has 0 fully saturated rings. The maximum atomic E-state index is 13.6. The highest BCUT2D eigenvalue weighted by Crippen LogP contribution is 2.28. The zero-order valence-electron chi connectivity index (χ0n) is 26.1. The van der Waals surface area contributed by atoms with Crippen LogP contribution in [-0.4, -0.2) is 96.7 Å². The second kappa shape index (κ2) is 23.9. The lowest BCUT2D eigenvalue weighted by Gasteiger charge is -2.20. The zero-order chi connectivity index (χ0) is 35.3. The number of amides is 2. The molecule has 12 nitrogen and oxygen atoms in total. The summed E-state index contributed by atoms with van der Waals surface area (Å²) in [7, 11) is 4.74. The molecule has 0 aromatic heterocycles. The van der Waals surface area contributed by atoms with Crippen LogP contribution in [-0.2, 0) is 28.7 Å². The number of esters is 2. The summed E-state index contributed by atoms with van der Waals surface area (Å²) in [5, 5.41) is 5.48. The fourth-order valence-corrected chi connectivity index (χ4v) is 8.22. The minimum atomic E-state index is -1.02. The first-order valence-corrected chi connectivity index (χ1v) is 20.5. The van der Waals surface area contributed by atoms with Crippen molar-refractivity contribution < 1.29 is 38.2 Å². The third-order valence-electron chi connectivity index (χ3n) is 6.09. The van der Waals surface area contributed by atoms with Crippen molar-refractivity contribution in [3.8, 4) is 11.1 Å². The molecule has 2 rings (SSSR count). The molecule has 0 aliphatic rings. The lowest BCUT2D eigenvalue weighted by atomic mass is 9.94. The van der Waals surface area contributed by atoms with Crippen LogP contribution >= 0.6 is 68.8 Å². The number of carbonyl (C=O) groups is 6. The van der Waals surface area contributed by atoms with E-state index in [-0.39, 0.29) is 35.8 Å². The number of thiol groups is 2. The fourth-order valence-electron chi connectivity index (χ4n) is 3.74. The normalized spacial score (nSPS) is 13.3. The number of carbonyl (C=O) groups excluding carboxylic acids is 6. The van der Waals surface area contributed by atoms with Gasteiger partial charge in [0.2, 0.25) is 0 Å². The van der Waals surface area contributed by atoms with E-state index in [0.29, 0.717) is 22.6 Å². The molecule has 262 valence electrons. The second-order valence-electron chi connectivity index (χ2n) is 9.47. The Kier molecular flexibility index (Phi) is 20.9. The topological polar surface area (TPSA) is 169 Å². The van der Waals surface area contributed by atoms with Crippen LogP contribution in [0.1, 0.15) is 34.6 Å². The molecule has 4 N–H and O–H groups in total. The molecule has 0 saturated carbocycles. The number of benzene rings is 2. The van der Waals surface area contributed by atoms with Crippen LogP contribution < -0.4 is 20.1 Å². The van der Waals surface area contributed by atoms with Gasteiger partial charge in [-0.1, -0.05) is 58.0 Å². The van der Waals surface area contributed by atoms with E-state index in [4.69, 9.17) is 9.47 Å². The van der Waals surface area contributed by atoms with Gasteiger partial charge in [0, 0.05) is 34.1 Å². The number of hydrogen-bond acceptors (Lipinski definition) is 16. The number of aldehydes is 2. The van der Waals surface area contributed by atoms with Gasteiger partial charge >= 0.3 is 11.9 Å². The highest BCUT2D eigenvalue weighted by atomic mass is 33.1. The Bertz CT molecular complexity index is 1270. The third-order valence-corrected chi connectivity index (χ3v) is 11.0. The Balaban J connectivity index is 2.29. The summed E-state index contributed by atoms with van der Waals surface area (Å²) in [5.74, 6) is -1.53. The number of hydrogen-bond donors (Lipinski definition) is 6.